The van der Waals surface area contributed by atoms with Crippen LogP contribution in [0.3, 0.4) is 0 Å². The molecule has 1 aliphatic carbocycles. The predicted octanol–water partition coefficient (Wildman–Crippen LogP) is 2.48. The molecule has 126 valence electrons. The third kappa shape index (κ3) is 7.18. The zero-order valence-corrected chi connectivity index (χ0v) is 14.5. The van der Waals surface area contributed by atoms with Crippen LogP contribution >= 0.6 is 24.8 Å². The average molecular weight is 340 g/mol. The standard InChI is InChI=1S/C15H29N3O.2ClH/c16-10-4-7-15(19)17-13-8-11-18(12-9-13)14-5-2-1-3-6-14;;/h13-14H,1-12,16H2,(H,17,19);2*1H. The highest BCUT2D eigenvalue weighted by Crippen LogP contribution is 2.25. The monoisotopic (exact) mass is 339 g/mol. The van der Waals surface area contributed by atoms with Crippen molar-refractivity contribution in [1.82, 2.24) is 10.2 Å². The van der Waals surface area contributed by atoms with Crippen LogP contribution in [-0.2, 0) is 4.79 Å². The van der Waals surface area contributed by atoms with Crippen LogP contribution in [0.4, 0.5) is 0 Å². The number of carbonyl (C=O) groups is 1. The van der Waals surface area contributed by atoms with E-state index in [-0.39, 0.29) is 30.7 Å². The largest absolute Gasteiger partial charge is 0.353 e. The normalized spacial score (nSPS) is 21.2. The Bertz CT molecular complexity index is 278. The van der Waals surface area contributed by atoms with Crippen LogP contribution in [0, 0.1) is 0 Å². The van der Waals surface area contributed by atoms with Crippen molar-refractivity contribution in [3.05, 3.63) is 0 Å². The number of carbonyl (C=O) groups excluding carboxylic acids is 1. The van der Waals surface area contributed by atoms with Crippen LogP contribution in [0.25, 0.3) is 0 Å². The first kappa shape index (κ1) is 21.0. The molecule has 2 aliphatic rings. The van der Waals surface area contributed by atoms with Crippen LogP contribution in [-0.4, -0.2) is 42.5 Å². The Morgan fingerprint density at radius 1 is 1.05 bits per heavy atom. The highest BCUT2D eigenvalue weighted by atomic mass is 35.5. The van der Waals surface area contributed by atoms with E-state index in [1.165, 1.54) is 32.1 Å². The number of hydrogen-bond donors (Lipinski definition) is 2. The number of hydrogen-bond acceptors (Lipinski definition) is 3. The Hall–Kier alpha value is -0.0300. The second-order valence-electron chi connectivity index (χ2n) is 6.06. The van der Waals surface area contributed by atoms with Crippen LogP contribution in [0.1, 0.15) is 57.8 Å². The summed E-state index contributed by atoms with van der Waals surface area (Å²) in [5, 5.41) is 3.16. The third-order valence-corrected chi connectivity index (χ3v) is 4.59. The van der Waals surface area contributed by atoms with E-state index >= 15 is 0 Å². The molecule has 1 saturated heterocycles. The van der Waals surface area contributed by atoms with E-state index in [2.05, 4.69) is 10.2 Å². The third-order valence-electron chi connectivity index (χ3n) is 4.59. The molecule has 0 aromatic heterocycles. The topological polar surface area (TPSA) is 58.4 Å². The molecule has 4 nitrogen and oxygen atoms in total. The van der Waals surface area contributed by atoms with E-state index < -0.39 is 0 Å². The summed E-state index contributed by atoms with van der Waals surface area (Å²) in [7, 11) is 0. The van der Waals surface area contributed by atoms with E-state index in [0.29, 0.717) is 19.0 Å². The molecule has 21 heavy (non-hydrogen) atoms. The SMILES string of the molecule is Cl.Cl.NCCCC(=O)NC1CCN(C2CCCCC2)CC1. The number of likely N-dealkylation sites (tertiary alicyclic amines) is 1. The molecular formula is C15H31Cl2N3O. The molecule has 0 atom stereocenters. The van der Waals surface area contributed by atoms with Crippen molar-refractivity contribution in [2.45, 2.75) is 69.9 Å². The van der Waals surface area contributed by atoms with Gasteiger partial charge in [-0.25, -0.2) is 0 Å². The molecular weight excluding hydrogens is 309 g/mol. The van der Waals surface area contributed by atoms with Crippen molar-refractivity contribution in [2.24, 2.45) is 5.73 Å². The van der Waals surface area contributed by atoms with Gasteiger partial charge in [0.25, 0.3) is 0 Å². The quantitative estimate of drug-likeness (QED) is 0.808. The smallest absolute Gasteiger partial charge is 0.220 e. The van der Waals surface area contributed by atoms with E-state index in [0.717, 1.165) is 38.4 Å². The van der Waals surface area contributed by atoms with Gasteiger partial charge in [-0.15, -0.1) is 24.8 Å². The van der Waals surface area contributed by atoms with Gasteiger partial charge in [0, 0.05) is 31.6 Å². The number of nitrogens with two attached hydrogens (primary N) is 1. The summed E-state index contributed by atoms with van der Waals surface area (Å²) in [5.74, 6) is 0.182. The van der Waals surface area contributed by atoms with E-state index in [4.69, 9.17) is 5.73 Å². The van der Waals surface area contributed by atoms with E-state index in [1.807, 2.05) is 0 Å². The zero-order valence-electron chi connectivity index (χ0n) is 12.9. The molecule has 0 aromatic carbocycles. The second kappa shape index (κ2) is 11.5. The van der Waals surface area contributed by atoms with Gasteiger partial charge in [0.2, 0.25) is 5.91 Å². The first-order valence-corrected chi connectivity index (χ1v) is 8.03. The molecule has 0 bridgehead atoms. The van der Waals surface area contributed by atoms with Gasteiger partial charge in [-0.3, -0.25) is 4.79 Å². The number of piperidine rings is 1. The lowest BCUT2D eigenvalue weighted by Crippen LogP contribution is -2.48. The summed E-state index contributed by atoms with van der Waals surface area (Å²) in [5.41, 5.74) is 5.42. The van der Waals surface area contributed by atoms with Crippen molar-refractivity contribution in [3.63, 3.8) is 0 Å². The minimum atomic E-state index is 0. The number of amides is 1. The fourth-order valence-electron chi connectivity index (χ4n) is 3.42. The summed E-state index contributed by atoms with van der Waals surface area (Å²) in [6.45, 7) is 2.92. The maximum Gasteiger partial charge on any atom is 0.220 e. The van der Waals surface area contributed by atoms with Gasteiger partial charge in [-0.05, 0) is 38.6 Å². The molecule has 0 unspecified atom stereocenters. The second-order valence-corrected chi connectivity index (χ2v) is 6.06. The van der Waals surface area contributed by atoms with Gasteiger partial charge >= 0.3 is 0 Å². The number of nitrogens with zero attached hydrogens (tertiary/aromatic N) is 1. The summed E-state index contributed by atoms with van der Waals surface area (Å²) in [6, 6.07) is 1.22. The maximum absolute atomic E-state index is 11.7. The predicted molar refractivity (Wildman–Crippen MR) is 92.4 cm³/mol. The van der Waals surface area contributed by atoms with Gasteiger partial charge in [0.05, 0.1) is 0 Å². The van der Waals surface area contributed by atoms with Crippen molar-refractivity contribution in [1.29, 1.82) is 0 Å². The Kier molecular flexibility index (Phi) is 11.5. The lowest BCUT2D eigenvalue weighted by molar-refractivity contribution is -0.122. The van der Waals surface area contributed by atoms with Crippen LogP contribution in [0.15, 0.2) is 0 Å². The zero-order chi connectivity index (χ0) is 13.5. The van der Waals surface area contributed by atoms with Crippen molar-refractivity contribution < 1.29 is 4.79 Å². The Morgan fingerprint density at radius 3 is 2.24 bits per heavy atom. The molecule has 0 aromatic rings. The molecule has 2 rings (SSSR count). The van der Waals surface area contributed by atoms with Crippen molar-refractivity contribution in [2.75, 3.05) is 19.6 Å². The van der Waals surface area contributed by atoms with Crippen molar-refractivity contribution in [3.8, 4) is 0 Å². The molecule has 1 heterocycles. The van der Waals surface area contributed by atoms with Crippen LogP contribution in [0.2, 0.25) is 0 Å². The molecule has 1 amide bonds. The molecule has 1 saturated carbocycles. The lowest BCUT2D eigenvalue weighted by atomic mass is 9.92. The van der Waals surface area contributed by atoms with Gasteiger partial charge < -0.3 is 16.0 Å². The van der Waals surface area contributed by atoms with Crippen LogP contribution in [0.5, 0.6) is 0 Å². The Balaban J connectivity index is 0.00000200. The summed E-state index contributed by atoms with van der Waals surface area (Å²) >= 11 is 0. The highest BCUT2D eigenvalue weighted by molar-refractivity contribution is 5.85. The van der Waals surface area contributed by atoms with Gasteiger partial charge in [-0.1, -0.05) is 19.3 Å². The van der Waals surface area contributed by atoms with E-state index in [1.54, 1.807) is 0 Å². The first-order valence-electron chi connectivity index (χ1n) is 8.03. The fraction of sp³-hybridized carbons (Fsp3) is 0.933. The molecule has 6 heteroatoms. The van der Waals surface area contributed by atoms with Crippen LogP contribution < -0.4 is 11.1 Å². The maximum atomic E-state index is 11.7. The Morgan fingerprint density at radius 2 is 1.67 bits per heavy atom. The summed E-state index contributed by atoms with van der Waals surface area (Å²) in [4.78, 5) is 14.3. The minimum absolute atomic E-state index is 0. The van der Waals surface area contributed by atoms with E-state index in [9.17, 15) is 4.79 Å². The molecule has 0 radical (unpaired) electrons. The number of rotatable bonds is 5. The van der Waals surface area contributed by atoms with Crippen molar-refractivity contribution >= 4 is 30.7 Å². The molecule has 2 fully saturated rings. The summed E-state index contributed by atoms with van der Waals surface area (Å²) < 4.78 is 0. The van der Waals surface area contributed by atoms with Gasteiger partial charge in [0.1, 0.15) is 0 Å². The highest BCUT2D eigenvalue weighted by Gasteiger charge is 2.26. The Labute approximate surface area is 141 Å². The van der Waals surface area contributed by atoms with Gasteiger partial charge in [-0.2, -0.15) is 0 Å². The summed E-state index contributed by atoms with van der Waals surface area (Å²) in [6.07, 6.45) is 10.6. The molecule has 1 aliphatic heterocycles. The molecule has 3 N–H and O–H groups in total. The number of nitrogens with one attached hydrogen (secondary N) is 1. The lowest BCUT2D eigenvalue weighted by Gasteiger charge is -2.39. The minimum Gasteiger partial charge on any atom is -0.353 e. The number of halogens is 2. The average Bonchev–Trinajstić information content (AvgIpc) is 2.47. The molecule has 0 spiro atoms. The van der Waals surface area contributed by atoms with Gasteiger partial charge in [0.15, 0.2) is 0 Å². The fourth-order valence-corrected chi connectivity index (χ4v) is 3.42. The first-order chi connectivity index (χ1) is 9.29.